The molecule has 1 saturated heterocycles. The van der Waals surface area contributed by atoms with Crippen molar-refractivity contribution in [3.8, 4) is 0 Å². The Morgan fingerprint density at radius 2 is 1.65 bits per heavy atom. The van der Waals surface area contributed by atoms with Gasteiger partial charge < -0.3 is 26.4 Å². The van der Waals surface area contributed by atoms with Gasteiger partial charge in [-0.05, 0) is 31.2 Å². The maximum atomic E-state index is 12.4. The molecule has 3 unspecified atom stereocenters. The molecule has 1 fully saturated rings. The summed E-state index contributed by atoms with van der Waals surface area (Å²) >= 11 is 0. The van der Waals surface area contributed by atoms with Gasteiger partial charge >= 0.3 is 5.97 Å². The van der Waals surface area contributed by atoms with E-state index in [4.69, 9.17) is 0 Å². The highest BCUT2D eigenvalue weighted by Crippen LogP contribution is 2.07. The second-order valence-corrected chi connectivity index (χ2v) is 7.22. The number of amides is 3. The summed E-state index contributed by atoms with van der Waals surface area (Å²) < 4.78 is 0. The van der Waals surface area contributed by atoms with Crippen LogP contribution in [0.15, 0.2) is 0 Å². The summed E-state index contributed by atoms with van der Waals surface area (Å²) in [6, 6.07) is -2.20. The highest BCUT2D eigenvalue weighted by atomic mass is 16.4. The molecular formula is C17H30N4O5. The van der Waals surface area contributed by atoms with E-state index in [-0.39, 0.29) is 30.3 Å². The Labute approximate surface area is 153 Å². The SMILES string of the molecule is CC(C)C(NC(=O)C(NC(=O)CNC(=O)C1CCCN1)C(C)C)C(=O)O. The Bertz CT molecular complexity index is 529. The number of hydrogen-bond acceptors (Lipinski definition) is 5. The Hall–Kier alpha value is -2.16. The first-order valence-corrected chi connectivity index (χ1v) is 8.97. The number of carboxylic acid groups (broad SMARTS) is 1. The van der Waals surface area contributed by atoms with E-state index in [1.54, 1.807) is 27.7 Å². The molecule has 26 heavy (non-hydrogen) atoms. The van der Waals surface area contributed by atoms with Crippen LogP contribution >= 0.6 is 0 Å². The van der Waals surface area contributed by atoms with Crippen molar-refractivity contribution in [2.24, 2.45) is 11.8 Å². The Kier molecular flexibility index (Phi) is 8.50. The average Bonchev–Trinajstić information content (AvgIpc) is 3.08. The molecule has 0 bridgehead atoms. The molecule has 0 aromatic rings. The summed E-state index contributed by atoms with van der Waals surface area (Å²) in [5.74, 6) is -2.96. The molecule has 0 aromatic heterocycles. The van der Waals surface area contributed by atoms with Crippen LogP contribution < -0.4 is 21.3 Å². The molecule has 0 spiro atoms. The highest BCUT2D eigenvalue weighted by molar-refractivity contribution is 5.92. The molecule has 1 aliphatic rings. The van der Waals surface area contributed by atoms with Gasteiger partial charge in [0.2, 0.25) is 17.7 Å². The first kappa shape index (κ1) is 21.9. The molecule has 5 N–H and O–H groups in total. The zero-order valence-corrected chi connectivity index (χ0v) is 15.8. The van der Waals surface area contributed by atoms with Crippen LogP contribution in [0.4, 0.5) is 0 Å². The highest BCUT2D eigenvalue weighted by Gasteiger charge is 2.30. The minimum absolute atomic E-state index is 0.236. The van der Waals surface area contributed by atoms with Gasteiger partial charge in [0.15, 0.2) is 0 Å². The lowest BCUT2D eigenvalue weighted by Gasteiger charge is -2.25. The molecular weight excluding hydrogens is 340 g/mol. The molecule has 1 heterocycles. The van der Waals surface area contributed by atoms with E-state index in [2.05, 4.69) is 21.3 Å². The van der Waals surface area contributed by atoms with Gasteiger partial charge in [-0.2, -0.15) is 0 Å². The van der Waals surface area contributed by atoms with Crippen LogP contribution in [0.5, 0.6) is 0 Å². The maximum absolute atomic E-state index is 12.4. The minimum Gasteiger partial charge on any atom is -0.480 e. The fourth-order valence-electron chi connectivity index (χ4n) is 2.71. The van der Waals surface area contributed by atoms with Crippen molar-refractivity contribution in [3.05, 3.63) is 0 Å². The van der Waals surface area contributed by atoms with Gasteiger partial charge in [-0.15, -0.1) is 0 Å². The lowest BCUT2D eigenvalue weighted by Crippen LogP contribution is -2.56. The first-order valence-electron chi connectivity index (χ1n) is 8.97. The zero-order chi connectivity index (χ0) is 19.9. The Balaban J connectivity index is 2.57. The standard InChI is InChI=1S/C17H30N4O5/c1-9(2)13(16(24)21-14(10(3)4)17(25)26)20-12(22)8-19-15(23)11-6-5-7-18-11/h9-11,13-14,18H,5-8H2,1-4H3,(H,19,23)(H,20,22)(H,21,24)(H,25,26). The molecule has 0 saturated carbocycles. The van der Waals surface area contributed by atoms with Crippen LogP contribution in [0.1, 0.15) is 40.5 Å². The number of carbonyl (C=O) groups is 4. The van der Waals surface area contributed by atoms with Crippen LogP contribution in [0.3, 0.4) is 0 Å². The monoisotopic (exact) mass is 370 g/mol. The molecule has 148 valence electrons. The van der Waals surface area contributed by atoms with E-state index in [9.17, 15) is 24.3 Å². The quantitative estimate of drug-likeness (QED) is 0.361. The third-order valence-electron chi connectivity index (χ3n) is 4.30. The summed E-state index contributed by atoms with van der Waals surface area (Å²) in [5.41, 5.74) is 0. The van der Waals surface area contributed by atoms with Gasteiger partial charge in [-0.25, -0.2) is 4.79 Å². The van der Waals surface area contributed by atoms with E-state index in [0.717, 1.165) is 19.4 Å². The number of carboxylic acids is 1. The summed E-state index contributed by atoms with van der Waals surface area (Å²) in [4.78, 5) is 47.6. The second kappa shape index (κ2) is 10.1. The minimum atomic E-state index is -1.13. The number of carbonyl (C=O) groups excluding carboxylic acids is 3. The number of nitrogens with one attached hydrogen (secondary N) is 4. The normalized spacial score (nSPS) is 19.1. The molecule has 9 heteroatoms. The van der Waals surface area contributed by atoms with E-state index >= 15 is 0 Å². The first-order chi connectivity index (χ1) is 12.1. The summed E-state index contributed by atoms with van der Waals surface area (Å²) in [7, 11) is 0. The molecule has 3 amide bonds. The van der Waals surface area contributed by atoms with Crippen LogP contribution in [0.25, 0.3) is 0 Å². The van der Waals surface area contributed by atoms with Crippen molar-refractivity contribution in [2.75, 3.05) is 13.1 Å². The number of rotatable bonds is 9. The Morgan fingerprint density at radius 3 is 2.12 bits per heavy atom. The van der Waals surface area contributed by atoms with Gasteiger partial charge in [0.25, 0.3) is 0 Å². The zero-order valence-electron chi connectivity index (χ0n) is 15.8. The van der Waals surface area contributed by atoms with Gasteiger partial charge in [0.05, 0.1) is 12.6 Å². The van der Waals surface area contributed by atoms with Crippen LogP contribution in [0, 0.1) is 11.8 Å². The third kappa shape index (κ3) is 6.62. The number of hydrogen-bond donors (Lipinski definition) is 5. The third-order valence-corrected chi connectivity index (χ3v) is 4.30. The molecule has 1 rings (SSSR count). The van der Waals surface area contributed by atoms with Crippen molar-refractivity contribution in [3.63, 3.8) is 0 Å². The lowest BCUT2D eigenvalue weighted by atomic mass is 10.0. The smallest absolute Gasteiger partial charge is 0.326 e. The van der Waals surface area contributed by atoms with Crippen molar-refractivity contribution in [1.29, 1.82) is 0 Å². The van der Waals surface area contributed by atoms with Gasteiger partial charge in [0.1, 0.15) is 12.1 Å². The van der Waals surface area contributed by atoms with Crippen LogP contribution in [-0.4, -0.2) is 60.0 Å². The fraction of sp³-hybridized carbons (Fsp3) is 0.765. The molecule has 3 atom stereocenters. The summed E-state index contributed by atoms with van der Waals surface area (Å²) in [6.07, 6.45) is 1.65. The average molecular weight is 370 g/mol. The van der Waals surface area contributed by atoms with Crippen molar-refractivity contribution in [2.45, 2.75) is 58.7 Å². The van der Waals surface area contributed by atoms with Gasteiger partial charge in [-0.1, -0.05) is 27.7 Å². The van der Waals surface area contributed by atoms with Crippen molar-refractivity contribution < 1.29 is 24.3 Å². The van der Waals surface area contributed by atoms with E-state index in [0.29, 0.717) is 0 Å². The molecule has 1 aliphatic heterocycles. The molecule has 0 radical (unpaired) electrons. The summed E-state index contributed by atoms with van der Waals surface area (Å²) in [6.45, 7) is 7.41. The van der Waals surface area contributed by atoms with Gasteiger partial charge in [-0.3, -0.25) is 14.4 Å². The Morgan fingerprint density at radius 1 is 1.04 bits per heavy atom. The van der Waals surface area contributed by atoms with E-state index in [1.165, 1.54) is 0 Å². The topological polar surface area (TPSA) is 137 Å². The number of aliphatic carboxylic acids is 1. The van der Waals surface area contributed by atoms with Gasteiger partial charge in [0, 0.05) is 0 Å². The molecule has 0 aliphatic carbocycles. The fourth-order valence-corrected chi connectivity index (χ4v) is 2.71. The van der Waals surface area contributed by atoms with Crippen molar-refractivity contribution in [1.82, 2.24) is 21.3 Å². The van der Waals surface area contributed by atoms with Crippen LogP contribution in [-0.2, 0) is 19.2 Å². The summed E-state index contributed by atoms with van der Waals surface area (Å²) in [5, 5.41) is 19.8. The maximum Gasteiger partial charge on any atom is 0.326 e. The van der Waals surface area contributed by atoms with E-state index < -0.39 is 29.9 Å². The van der Waals surface area contributed by atoms with Crippen molar-refractivity contribution >= 4 is 23.7 Å². The molecule has 0 aromatic carbocycles. The second-order valence-electron chi connectivity index (χ2n) is 7.22. The predicted molar refractivity (Wildman–Crippen MR) is 95.2 cm³/mol. The van der Waals surface area contributed by atoms with E-state index in [1.807, 2.05) is 0 Å². The van der Waals surface area contributed by atoms with Crippen LogP contribution in [0.2, 0.25) is 0 Å². The predicted octanol–water partition coefficient (Wildman–Crippen LogP) is -0.779. The lowest BCUT2D eigenvalue weighted by molar-refractivity contribution is -0.143. The largest absolute Gasteiger partial charge is 0.480 e. The molecule has 9 nitrogen and oxygen atoms in total.